The Morgan fingerprint density at radius 1 is 1.11 bits per heavy atom. The van der Waals surface area contributed by atoms with Crippen LogP contribution in [0.2, 0.25) is 0 Å². The number of methoxy groups -OCH3 is 1. The van der Waals surface area contributed by atoms with E-state index in [0.29, 0.717) is 29.5 Å². The monoisotopic (exact) mass is 378 g/mol. The molecule has 0 radical (unpaired) electrons. The molecule has 0 aliphatic carbocycles. The van der Waals surface area contributed by atoms with Crippen molar-refractivity contribution in [3.63, 3.8) is 0 Å². The lowest BCUT2D eigenvalue weighted by molar-refractivity contribution is 0.251. The standard InChI is InChI=1S/C20H22N6O2/c1-12-17(18(21)26-19(22)24-12)14-8-6-13(7-9-14)11-23-20(27)25-15-4-3-5-16(10-15)28-2/h3-10H,11H2,1-2H3,(H2,23,25,27)(H4,21,22,24,26). The van der Waals surface area contributed by atoms with E-state index in [2.05, 4.69) is 20.6 Å². The highest BCUT2D eigenvalue weighted by molar-refractivity contribution is 5.89. The van der Waals surface area contributed by atoms with E-state index in [1.54, 1.807) is 19.2 Å². The van der Waals surface area contributed by atoms with Crippen LogP contribution in [0.4, 0.5) is 22.2 Å². The molecule has 8 nitrogen and oxygen atoms in total. The van der Waals surface area contributed by atoms with E-state index in [1.807, 2.05) is 43.3 Å². The van der Waals surface area contributed by atoms with E-state index in [-0.39, 0.29) is 12.0 Å². The number of nitrogens with zero attached hydrogens (tertiary/aromatic N) is 2. The van der Waals surface area contributed by atoms with Gasteiger partial charge in [-0.15, -0.1) is 0 Å². The largest absolute Gasteiger partial charge is 0.497 e. The summed E-state index contributed by atoms with van der Waals surface area (Å²) in [7, 11) is 1.58. The lowest BCUT2D eigenvalue weighted by Gasteiger charge is -2.11. The number of aryl methyl sites for hydroxylation is 1. The van der Waals surface area contributed by atoms with Crippen LogP contribution in [0.15, 0.2) is 48.5 Å². The van der Waals surface area contributed by atoms with E-state index < -0.39 is 0 Å². The molecule has 0 spiro atoms. The Hall–Kier alpha value is -3.81. The summed E-state index contributed by atoms with van der Waals surface area (Å²) in [5.74, 6) is 1.17. The summed E-state index contributed by atoms with van der Waals surface area (Å²) in [6.07, 6.45) is 0. The predicted molar refractivity (Wildman–Crippen MR) is 110 cm³/mol. The lowest BCUT2D eigenvalue weighted by Crippen LogP contribution is -2.28. The molecule has 2 amide bonds. The van der Waals surface area contributed by atoms with Crippen LogP contribution in [0.1, 0.15) is 11.3 Å². The molecule has 2 aromatic carbocycles. The topological polar surface area (TPSA) is 128 Å². The molecule has 0 saturated carbocycles. The first kappa shape index (κ1) is 19.0. The van der Waals surface area contributed by atoms with Crippen LogP contribution in [0, 0.1) is 6.92 Å². The van der Waals surface area contributed by atoms with E-state index in [1.165, 1.54) is 0 Å². The van der Waals surface area contributed by atoms with Gasteiger partial charge in [0.1, 0.15) is 11.6 Å². The average Bonchev–Trinajstić information content (AvgIpc) is 2.67. The highest BCUT2D eigenvalue weighted by Crippen LogP contribution is 2.27. The van der Waals surface area contributed by atoms with Crippen LogP contribution in [0.3, 0.4) is 0 Å². The van der Waals surface area contributed by atoms with Crippen LogP contribution in [-0.4, -0.2) is 23.1 Å². The highest BCUT2D eigenvalue weighted by atomic mass is 16.5. The molecule has 6 N–H and O–H groups in total. The number of urea groups is 1. The second-order valence-electron chi connectivity index (χ2n) is 6.16. The van der Waals surface area contributed by atoms with Gasteiger partial charge in [-0.25, -0.2) is 9.78 Å². The Morgan fingerprint density at radius 2 is 1.86 bits per heavy atom. The molecule has 144 valence electrons. The number of amides is 2. The van der Waals surface area contributed by atoms with Crippen molar-refractivity contribution in [1.29, 1.82) is 0 Å². The zero-order chi connectivity index (χ0) is 20.1. The number of carbonyl (C=O) groups is 1. The number of carbonyl (C=O) groups excluding carboxylic acids is 1. The fourth-order valence-electron chi connectivity index (χ4n) is 2.82. The summed E-state index contributed by atoms with van der Waals surface area (Å²) < 4.78 is 5.14. The van der Waals surface area contributed by atoms with Crippen molar-refractivity contribution < 1.29 is 9.53 Å². The van der Waals surface area contributed by atoms with Crippen molar-refractivity contribution in [3.8, 4) is 16.9 Å². The molecule has 1 aromatic heterocycles. The Morgan fingerprint density at radius 3 is 2.54 bits per heavy atom. The third kappa shape index (κ3) is 4.47. The first-order valence-electron chi connectivity index (χ1n) is 8.64. The average molecular weight is 378 g/mol. The molecule has 3 rings (SSSR count). The third-order valence-electron chi connectivity index (χ3n) is 4.16. The third-order valence-corrected chi connectivity index (χ3v) is 4.16. The number of aromatic nitrogens is 2. The minimum atomic E-state index is -0.302. The van der Waals surface area contributed by atoms with Gasteiger partial charge < -0.3 is 26.8 Å². The number of hydrogen-bond acceptors (Lipinski definition) is 6. The van der Waals surface area contributed by atoms with E-state index in [0.717, 1.165) is 16.7 Å². The zero-order valence-corrected chi connectivity index (χ0v) is 15.7. The molecule has 0 unspecified atom stereocenters. The van der Waals surface area contributed by atoms with Gasteiger partial charge in [-0.1, -0.05) is 30.3 Å². The summed E-state index contributed by atoms with van der Waals surface area (Å²) in [6.45, 7) is 2.21. The number of rotatable bonds is 5. The molecule has 8 heteroatoms. The van der Waals surface area contributed by atoms with Crippen LogP contribution < -0.4 is 26.8 Å². The minimum Gasteiger partial charge on any atom is -0.497 e. The van der Waals surface area contributed by atoms with E-state index in [9.17, 15) is 4.79 Å². The fraction of sp³-hybridized carbons (Fsp3) is 0.150. The van der Waals surface area contributed by atoms with Gasteiger partial charge in [0.25, 0.3) is 0 Å². The quantitative estimate of drug-likeness (QED) is 0.540. The van der Waals surface area contributed by atoms with E-state index >= 15 is 0 Å². The number of nitrogens with two attached hydrogens (primary N) is 2. The summed E-state index contributed by atoms with van der Waals surface area (Å²) >= 11 is 0. The predicted octanol–water partition coefficient (Wildman–Crippen LogP) is 2.95. The van der Waals surface area contributed by atoms with Crippen LogP contribution in [0.25, 0.3) is 11.1 Å². The van der Waals surface area contributed by atoms with Gasteiger partial charge in [0.15, 0.2) is 0 Å². The summed E-state index contributed by atoms with van der Waals surface area (Å²) in [5, 5.41) is 5.59. The summed E-state index contributed by atoms with van der Waals surface area (Å²) in [6, 6.07) is 14.5. The first-order chi connectivity index (χ1) is 13.5. The summed E-state index contributed by atoms with van der Waals surface area (Å²) in [5.41, 5.74) is 15.5. The first-order valence-corrected chi connectivity index (χ1v) is 8.64. The number of hydrogen-bond donors (Lipinski definition) is 4. The van der Waals surface area contributed by atoms with Crippen LogP contribution in [-0.2, 0) is 6.54 Å². The maximum absolute atomic E-state index is 12.1. The van der Waals surface area contributed by atoms with Gasteiger partial charge in [0.2, 0.25) is 5.95 Å². The van der Waals surface area contributed by atoms with Gasteiger partial charge >= 0.3 is 6.03 Å². The highest BCUT2D eigenvalue weighted by Gasteiger charge is 2.10. The summed E-state index contributed by atoms with van der Waals surface area (Å²) in [4.78, 5) is 20.3. The van der Waals surface area contributed by atoms with Gasteiger partial charge in [0, 0.05) is 23.9 Å². The molecular weight excluding hydrogens is 356 g/mol. The Balaban J connectivity index is 1.62. The molecule has 0 bridgehead atoms. The second kappa shape index (κ2) is 8.26. The smallest absolute Gasteiger partial charge is 0.319 e. The van der Waals surface area contributed by atoms with Gasteiger partial charge in [-0.05, 0) is 30.2 Å². The second-order valence-corrected chi connectivity index (χ2v) is 6.16. The number of anilines is 3. The van der Waals surface area contributed by atoms with Crippen LogP contribution >= 0.6 is 0 Å². The molecule has 0 aliphatic rings. The lowest BCUT2D eigenvalue weighted by atomic mass is 10.0. The SMILES string of the molecule is COc1cccc(NC(=O)NCc2ccc(-c3c(C)nc(N)nc3N)cc2)c1. The molecular formula is C20H22N6O2. The molecule has 0 saturated heterocycles. The van der Waals surface area contributed by atoms with Crippen molar-refractivity contribution in [3.05, 3.63) is 59.8 Å². The Kier molecular flexibility index (Phi) is 5.59. The molecule has 0 aliphatic heterocycles. The Bertz CT molecular complexity index is 965. The van der Waals surface area contributed by atoms with Crippen molar-refractivity contribution >= 4 is 23.5 Å². The van der Waals surface area contributed by atoms with Crippen molar-refractivity contribution in [2.45, 2.75) is 13.5 Å². The zero-order valence-electron chi connectivity index (χ0n) is 15.7. The number of benzene rings is 2. The maximum atomic E-state index is 12.1. The van der Waals surface area contributed by atoms with Crippen molar-refractivity contribution in [2.24, 2.45) is 0 Å². The fourth-order valence-corrected chi connectivity index (χ4v) is 2.82. The van der Waals surface area contributed by atoms with E-state index in [4.69, 9.17) is 16.2 Å². The van der Waals surface area contributed by atoms with Gasteiger partial charge in [-0.2, -0.15) is 4.98 Å². The van der Waals surface area contributed by atoms with Crippen molar-refractivity contribution in [1.82, 2.24) is 15.3 Å². The molecule has 0 fully saturated rings. The van der Waals surface area contributed by atoms with Crippen LogP contribution in [0.5, 0.6) is 5.75 Å². The number of nitrogens with one attached hydrogen (secondary N) is 2. The van der Waals surface area contributed by atoms with Gasteiger partial charge in [-0.3, -0.25) is 0 Å². The van der Waals surface area contributed by atoms with Gasteiger partial charge in [0.05, 0.1) is 12.8 Å². The number of nitrogen functional groups attached to an aromatic ring is 2. The molecule has 1 heterocycles. The minimum absolute atomic E-state index is 0.154. The number of ether oxygens (including phenoxy) is 1. The Labute approximate surface area is 162 Å². The molecule has 0 atom stereocenters. The normalized spacial score (nSPS) is 10.4. The van der Waals surface area contributed by atoms with Crippen molar-refractivity contribution in [2.75, 3.05) is 23.9 Å². The maximum Gasteiger partial charge on any atom is 0.319 e. The molecule has 3 aromatic rings. The molecule has 28 heavy (non-hydrogen) atoms.